The predicted octanol–water partition coefficient (Wildman–Crippen LogP) is 4.28. The second kappa shape index (κ2) is 6.02. The van der Waals surface area contributed by atoms with Crippen molar-refractivity contribution in [3.63, 3.8) is 0 Å². The maximum Gasteiger partial charge on any atom is 0.253 e. The first-order valence-corrected chi connectivity index (χ1v) is 7.47. The molecule has 1 heterocycles. The summed E-state index contributed by atoms with van der Waals surface area (Å²) in [5.41, 5.74) is 2.99. The lowest BCUT2D eigenvalue weighted by molar-refractivity contribution is 0.635. The molecule has 2 aromatic carbocycles. The molecule has 22 heavy (non-hydrogen) atoms. The summed E-state index contributed by atoms with van der Waals surface area (Å²) in [6.07, 6.45) is 1.92. The average molecular weight is 289 g/mol. The molecule has 2 nitrogen and oxygen atoms in total. The fourth-order valence-corrected chi connectivity index (χ4v) is 2.87. The molecule has 0 aliphatic rings. The van der Waals surface area contributed by atoms with Crippen molar-refractivity contribution >= 4 is 10.9 Å². The second-order valence-corrected chi connectivity index (χ2v) is 5.55. The fraction of sp³-hybridized carbons (Fsp3) is 0.150. The van der Waals surface area contributed by atoms with E-state index in [9.17, 15) is 4.79 Å². The molecular formula is C20H19NO. The van der Waals surface area contributed by atoms with Crippen LogP contribution in [0.5, 0.6) is 0 Å². The first kappa shape index (κ1) is 14.3. The van der Waals surface area contributed by atoms with E-state index < -0.39 is 0 Å². The largest absolute Gasteiger partial charge is 0.307 e. The van der Waals surface area contributed by atoms with E-state index in [1.165, 1.54) is 5.56 Å². The average Bonchev–Trinajstić information content (AvgIpc) is 2.56. The Morgan fingerprint density at radius 3 is 2.50 bits per heavy atom. The summed E-state index contributed by atoms with van der Waals surface area (Å²) >= 11 is 0. The molecule has 0 saturated heterocycles. The van der Waals surface area contributed by atoms with Gasteiger partial charge in [0.2, 0.25) is 0 Å². The van der Waals surface area contributed by atoms with E-state index in [1.807, 2.05) is 66.1 Å². The molecule has 2 heteroatoms. The van der Waals surface area contributed by atoms with E-state index in [4.69, 9.17) is 0 Å². The Morgan fingerprint density at radius 1 is 1.09 bits per heavy atom. The Bertz CT molecular complexity index is 862. The number of hydrogen-bond acceptors (Lipinski definition) is 1. The molecule has 0 spiro atoms. The van der Waals surface area contributed by atoms with E-state index in [0.29, 0.717) is 6.54 Å². The van der Waals surface area contributed by atoms with Crippen molar-refractivity contribution in [3.8, 4) is 0 Å². The molecule has 1 aromatic heterocycles. The standard InChI is InChI=1S/C20H19NO/c1-3-16(17-9-5-4-6-10-17)14-21-19-12-8-7-11-18(19)13-15(2)20(21)22/h3-13,16H,1,14H2,2H3/t16-/m1/s1. The van der Waals surface area contributed by atoms with E-state index in [-0.39, 0.29) is 11.5 Å². The summed E-state index contributed by atoms with van der Waals surface area (Å²) in [6.45, 7) is 6.43. The van der Waals surface area contributed by atoms with Gasteiger partial charge in [-0.2, -0.15) is 0 Å². The summed E-state index contributed by atoms with van der Waals surface area (Å²) in [5.74, 6) is 0.115. The smallest absolute Gasteiger partial charge is 0.253 e. The SMILES string of the molecule is C=C[C@H](Cn1c(=O)c(C)cc2ccccc21)c1ccccc1. The summed E-state index contributed by atoms with van der Waals surface area (Å²) in [7, 11) is 0. The van der Waals surface area contributed by atoms with E-state index in [1.54, 1.807) is 0 Å². The zero-order valence-corrected chi connectivity index (χ0v) is 12.7. The van der Waals surface area contributed by atoms with Gasteiger partial charge in [-0.3, -0.25) is 4.79 Å². The normalized spacial score (nSPS) is 12.2. The molecule has 0 unspecified atom stereocenters. The van der Waals surface area contributed by atoms with Crippen LogP contribution < -0.4 is 5.56 Å². The van der Waals surface area contributed by atoms with Crippen molar-refractivity contribution in [2.24, 2.45) is 0 Å². The third-order valence-electron chi connectivity index (χ3n) is 4.07. The number of rotatable bonds is 4. The van der Waals surface area contributed by atoms with E-state index in [2.05, 4.69) is 18.7 Å². The molecule has 1 atom stereocenters. The Hall–Kier alpha value is -2.61. The van der Waals surface area contributed by atoms with Gasteiger partial charge in [-0.15, -0.1) is 6.58 Å². The second-order valence-electron chi connectivity index (χ2n) is 5.55. The van der Waals surface area contributed by atoms with E-state index >= 15 is 0 Å². The molecule has 3 rings (SSSR count). The van der Waals surface area contributed by atoms with Crippen LogP contribution in [0.15, 0.2) is 78.1 Å². The number of para-hydroxylation sites is 1. The molecular weight excluding hydrogens is 270 g/mol. The Kier molecular flexibility index (Phi) is 3.92. The van der Waals surface area contributed by atoms with Crippen molar-refractivity contribution in [1.29, 1.82) is 0 Å². The number of allylic oxidation sites excluding steroid dienone is 1. The van der Waals surface area contributed by atoms with Crippen LogP contribution in [0.25, 0.3) is 10.9 Å². The lowest BCUT2D eigenvalue weighted by Gasteiger charge is -2.17. The van der Waals surface area contributed by atoms with Crippen LogP contribution in [0, 0.1) is 6.92 Å². The van der Waals surface area contributed by atoms with E-state index in [0.717, 1.165) is 16.5 Å². The Balaban J connectivity index is 2.12. The van der Waals surface area contributed by atoms with Crippen LogP contribution >= 0.6 is 0 Å². The van der Waals surface area contributed by atoms with Crippen molar-refractivity contribution in [2.45, 2.75) is 19.4 Å². The summed E-state index contributed by atoms with van der Waals surface area (Å²) in [6, 6.07) is 20.2. The van der Waals surface area contributed by atoms with Crippen molar-refractivity contribution in [2.75, 3.05) is 0 Å². The number of fused-ring (bicyclic) bond motifs is 1. The number of pyridine rings is 1. The number of hydrogen-bond donors (Lipinski definition) is 0. The van der Waals surface area contributed by atoms with Crippen LogP contribution in [-0.2, 0) is 6.54 Å². The van der Waals surface area contributed by atoms with Gasteiger partial charge in [0.25, 0.3) is 5.56 Å². The number of aryl methyl sites for hydroxylation is 1. The minimum Gasteiger partial charge on any atom is -0.307 e. The number of aromatic nitrogens is 1. The summed E-state index contributed by atoms with van der Waals surface area (Å²) in [4.78, 5) is 12.6. The Morgan fingerprint density at radius 2 is 1.77 bits per heavy atom. The van der Waals surface area contributed by atoms with Gasteiger partial charge in [0.15, 0.2) is 0 Å². The lowest BCUT2D eigenvalue weighted by atomic mass is 9.99. The quantitative estimate of drug-likeness (QED) is 0.657. The maximum atomic E-state index is 12.6. The summed E-state index contributed by atoms with van der Waals surface area (Å²) < 4.78 is 1.87. The molecule has 0 radical (unpaired) electrons. The molecule has 0 bridgehead atoms. The molecule has 0 aliphatic heterocycles. The maximum absolute atomic E-state index is 12.6. The first-order valence-electron chi connectivity index (χ1n) is 7.47. The predicted molar refractivity (Wildman–Crippen MR) is 92.3 cm³/mol. The first-order chi connectivity index (χ1) is 10.7. The Labute approximate surface area is 130 Å². The van der Waals surface area contributed by atoms with Crippen molar-refractivity contribution in [1.82, 2.24) is 4.57 Å². The van der Waals surface area contributed by atoms with Gasteiger partial charge in [0, 0.05) is 18.0 Å². The van der Waals surface area contributed by atoms with Gasteiger partial charge in [0.1, 0.15) is 0 Å². The van der Waals surface area contributed by atoms with Crippen molar-refractivity contribution in [3.05, 3.63) is 94.8 Å². The highest BCUT2D eigenvalue weighted by molar-refractivity contribution is 5.79. The van der Waals surface area contributed by atoms with Gasteiger partial charge in [0.05, 0.1) is 5.52 Å². The summed E-state index contributed by atoms with van der Waals surface area (Å²) in [5, 5.41) is 1.09. The fourth-order valence-electron chi connectivity index (χ4n) is 2.87. The molecule has 0 aliphatic carbocycles. The number of benzene rings is 2. The van der Waals surface area contributed by atoms with Crippen LogP contribution in [-0.4, -0.2) is 4.57 Å². The van der Waals surface area contributed by atoms with Crippen LogP contribution in [0.1, 0.15) is 17.0 Å². The highest BCUT2D eigenvalue weighted by atomic mass is 16.1. The lowest BCUT2D eigenvalue weighted by Crippen LogP contribution is -2.25. The van der Waals surface area contributed by atoms with Gasteiger partial charge in [-0.25, -0.2) is 0 Å². The van der Waals surface area contributed by atoms with Crippen LogP contribution in [0.4, 0.5) is 0 Å². The molecule has 0 N–H and O–H groups in total. The highest BCUT2D eigenvalue weighted by Gasteiger charge is 2.12. The minimum atomic E-state index is 0.0708. The van der Waals surface area contributed by atoms with Gasteiger partial charge < -0.3 is 4.57 Å². The molecule has 0 amide bonds. The molecule has 110 valence electrons. The highest BCUT2D eigenvalue weighted by Crippen LogP contribution is 2.21. The van der Waals surface area contributed by atoms with Crippen molar-refractivity contribution < 1.29 is 0 Å². The third-order valence-corrected chi connectivity index (χ3v) is 4.07. The van der Waals surface area contributed by atoms with Crippen LogP contribution in [0.3, 0.4) is 0 Å². The number of nitrogens with zero attached hydrogens (tertiary/aromatic N) is 1. The minimum absolute atomic E-state index is 0.0708. The van der Waals surface area contributed by atoms with Gasteiger partial charge >= 0.3 is 0 Å². The van der Waals surface area contributed by atoms with Crippen LogP contribution in [0.2, 0.25) is 0 Å². The molecule has 0 saturated carbocycles. The monoisotopic (exact) mass is 289 g/mol. The topological polar surface area (TPSA) is 22.0 Å². The molecule has 3 aromatic rings. The zero-order valence-electron chi connectivity index (χ0n) is 12.7. The van der Waals surface area contributed by atoms with Gasteiger partial charge in [-0.05, 0) is 30.0 Å². The third kappa shape index (κ3) is 2.60. The zero-order chi connectivity index (χ0) is 15.5. The van der Waals surface area contributed by atoms with Gasteiger partial charge in [-0.1, -0.05) is 54.6 Å². The molecule has 0 fully saturated rings.